The summed E-state index contributed by atoms with van der Waals surface area (Å²) >= 11 is 0. The molecule has 39 heavy (non-hydrogen) atoms. The first kappa shape index (κ1) is 25.6. The predicted molar refractivity (Wildman–Crippen MR) is 154 cm³/mol. The number of carbonyl (C=O) groups excluding carboxylic acids is 1. The number of pyridine rings is 1. The van der Waals surface area contributed by atoms with Crippen molar-refractivity contribution in [2.75, 3.05) is 43.5 Å². The van der Waals surface area contributed by atoms with Gasteiger partial charge in [0.15, 0.2) is 0 Å². The summed E-state index contributed by atoms with van der Waals surface area (Å²) in [6.45, 7) is 5.12. The molecule has 1 amide bonds. The van der Waals surface area contributed by atoms with Gasteiger partial charge in [-0.3, -0.25) is 9.78 Å². The number of ether oxygens (including phenoxy) is 1. The molecule has 6 rings (SSSR count). The zero-order chi connectivity index (χ0) is 26.9. The minimum Gasteiger partial charge on any atom is -0.477 e. The van der Waals surface area contributed by atoms with Crippen LogP contribution in [0.5, 0.6) is 5.88 Å². The fraction of sp³-hybridized carbons (Fsp3) is 0.467. The Morgan fingerprint density at radius 1 is 1.10 bits per heavy atom. The van der Waals surface area contributed by atoms with Crippen molar-refractivity contribution >= 4 is 23.1 Å². The fourth-order valence-electron chi connectivity index (χ4n) is 5.79. The fourth-order valence-corrected chi connectivity index (χ4v) is 5.79. The van der Waals surface area contributed by atoms with Crippen molar-refractivity contribution < 1.29 is 9.53 Å². The van der Waals surface area contributed by atoms with Crippen molar-refractivity contribution in [3.63, 3.8) is 0 Å². The predicted octanol–water partition coefficient (Wildman–Crippen LogP) is 4.22. The summed E-state index contributed by atoms with van der Waals surface area (Å²) < 4.78 is 8.01. The minimum atomic E-state index is -0.244. The van der Waals surface area contributed by atoms with E-state index in [-0.39, 0.29) is 5.91 Å². The van der Waals surface area contributed by atoms with Crippen molar-refractivity contribution in [2.45, 2.75) is 39.0 Å². The number of hydrogen-bond acceptors (Lipinski definition) is 7. The van der Waals surface area contributed by atoms with Crippen molar-refractivity contribution in [3.8, 4) is 17.1 Å². The summed E-state index contributed by atoms with van der Waals surface area (Å²) in [6.07, 6.45) is 6.98. The van der Waals surface area contributed by atoms with Crippen LogP contribution in [0.25, 0.3) is 11.3 Å². The van der Waals surface area contributed by atoms with Crippen LogP contribution in [0.1, 0.15) is 47.3 Å². The quantitative estimate of drug-likeness (QED) is 0.480. The van der Waals surface area contributed by atoms with E-state index in [2.05, 4.69) is 38.8 Å². The number of amidine groups is 1. The smallest absolute Gasteiger partial charge is 0.278 e. The molecule has 4 heterocycles. The Balaban J connectivity index is 1.40. The molecular weight excluding hydrogens is 490 g/mol. The van der Waals surface area contributed by atoms with E-state index in [1.807, 2.05) is 33.2 Å². The van der Waals surface area contributed by atoms with Gasteiger partial charge in [0, 0.05) is 55.7 Å². The van der Waals surface area contributed by atoms with Crippen LogP contribution in [0.2, 0.25) is 0 Å². The molecule has 0 saturated heterocycles. The number of amides is 1. The number of nitrogens with one attached hydrogen (secondary N) is 2. The van der Waals surface area contributed by atoms with Gasteiger partial charge in [-0.25, -0.2) is 4.68 Å². The summed E-state index contributed by atoms with van der Waals surface area (Å²) in [7, 11) is 3.83. The zero-order valence-corrected chi connectivity index (χ0v) is 23.0. The molecule has 204 valence electrons. The number of fused-ring (bicyclic) bond motifs is 7. The molecule has 1 atom stereocenters. The zero-order valence-electron chi connectivity index (χ0n) is 23.0. The number of carbonyl (C=O) groups is 1. The van der Waals surface area contributed by atoms with E-state index in [1.54, 1.807) is 10.9 Å². The Labute approximate surface area is 229 Å². The van der Waals surface area contributed by atoms with Gasteiger partial charge < -0.3 is 20.3 Å². The molecule has 1 aliphatic carbocycles. The van der Waals surface area contributed by atoms with Crippen molar-refractivity contribution in [1.29, 1.82) is 0 Å². The monoisotopic (exact) mass is 527 g/mol. The Morgan fingerprint density at radius 3 is 2.79 bits per heavy atom. The highest BCUT2D eigenvalue weighted by Crippen LogP contribution is 2.42. The van der Waals surface area contributed by atoms with Gasteiger partial charge in [-0.1, -0.05) is 6.07 Å². The second kappa shape index (κ2) is 10.8. The molecule has 0 radical (unpaired) electrons. The SMILES string of the molecule is CNCCNc1ccc2c(c1)N1C[C@H](C3CC3)CCCOc3c(cnn3C)-c3cc(cc(C)n3)C(=O)N=C1C2. The molecule has 1 aromatic carbocycles. The average Bonchev–Trinajstić information content (AvgIpc) is 3.63. The third-order valence-electron chi connectivity index (χ3n) is 8.00. The molecule has 0 spiro atoms. The van der Waals surface area contributed by atoms with E-state index < -0.39 is 0 Å². The summed E-state index contributed by atoms with van der Waals surface area (Å²) in [5.41, 5.74) is 6.22. The summed E-state index contributed by atoms with van der Waals surface area (Å²) in [6, 6.07) is 10.1. The van der Waals surface area contributed by atoms with Gasteiger partial charge in [-0.05, 0) is 81.3 Å². The summed E-state index contributed by atoms with van der Waals surface area (Å²) in [5.74, 6) is 2.50. The molecule has 2 bridgehead atoms. The van der Waals surface area contributed by atoms with E-state index >= 15 is 0 Å². The third kappa shape index (κ3) is 5.41. The van der Waals surface area contributed by atoms with Crippen LogP contribution in [0.3, 0.4) is 0 Å². The highest BCUT2D eigenvalue weighted by atomic mass is 16.5. The minimum absolute atomic E-state index is 0.244. The molecule has 2 N–H and O–H groups in total. The van der Waals surface area contributed by atoms with E-state index in [1.165, 1.54) is 18.4 Å². The molecule has 1 fully saturated rings. The van der Waals surface area contributed by atoms with E-state index in [0.29, 0.717) is 42.0 Å². The van der Waals surface area contributed by atoms with Crippen LogP contribution >= 0.6 is 0 Å². The topological polar surface area (TPSA) is 96.7 Å². The number of rotatable bonds is 5. The molecule has 9 heteroatoms. The summed E-state index contributed by atoms with van der Waals surface area (Å²) in [5, 5.41) is 11.1. The number of hydrogen-bond donors (Lipinski definition) is 2. The van der Waals surface area contributed by atoms with Crippen LogP contribution in [0.15, 0.2) is 41.5 Å². The second-order valence-electron chi connectivity index (χ2n) is 11.0. The lowest BCUT2D eigenvalue weighted by Gasteiger charge is -2.27. The lowest BCUT2D eigenvalue weighted by atomic mass is 9.97. The van der Waals surface area contributed by atoms with Crippen LogP contribution in [0.4, 0.5) is 11.4 Å². The molecule has 2 aliphatic heterocycles. The number of aromatic nitrogens is 3. The lowest BCUT2D eigenvalue weighted by molar-refractivity contribution is 0.100. The first-order chi connectivity index (χ1) is 19.0. The Morgan fingerprint density at radius 2 is 1.97 bits per heavy atom. The highest BCUT2D eigenvalue weighted by molar-refractivity contribution is 6.13. The van der Waals surface area contributed by atoms with Crippen LogP contribution in [-0.4, -0.2) is 59.8 Å². The highest BCUT2D eigenvalue weighted by Gasteiger charge is 2.36. The number of aryl methyl sites for hydroxylation is 2. The largest absolute Gasteiger partial charge is 0.477 e. The van der Waals surface area contributed by atoms with Gasteiger partial charge in [0.25, 0.3) is 5.91 Å². The van der Waals surface area contributed by atoms with Crippen LogP contribution in [0, 0.1) is 18.8 Å². The van der Waals surface area contributed by atoms with Crippen molar-refractivity contribution in [3.05, 3.63) is 53.3 Å². The second-order valence-corrected chi connectivity index (χ2v) is 11.0. The van der Waals surface area contributed by atoms with Crippen molar-refractivity contribution in [1.82, 2.24) is 20.1 Å². The first-order valence-electron chi connectivity index (χ1n) is 14.0. The maximum absolute atomic E-state index is 13.6. The van der Waals surface area contributed by atoms with Gasteiger partial charge >= 0.3 is 0 Å². The normalized spacial score (nSPS) is 19.3. The Kier molecular flexibility index (Phi) is 7.08. The number of benzene rings is 1. The van der Waals surface area contributed by atoms with Gasteiger partial charge in [-0.15, -0.1) is 0 Å². The molecule has 3 aromatic rings. The number of aliphatic imine (C=N–C) groups is 1. The average molecular weight is 528 g/mol. The molecular formula is C30H37N7O2. The van der Waals surface area contributed by atoms with E-state index in [0.717, 1.165) is 60.9 Å². The summed E-state index contributed by atoms with van der Waals surface area (Å²) in [4.78, 5) is 25.4. The van der Waals surface area contributed by atoms with Gasteiger partial charge in [0.1, 0.15) is 5.84 Å². The molecule has 0 unspecified atom stereocenters. The van der Waals surface area contributed by atoms with E-state index in [4.69, 9.17) is 14.7 Å². The number of anilines is 2. The van der Waals surface area contributed by atoms with E-state index in [9.17, 15) is 4.79 Å². The molecule has 2 aromatic heterocycles. The third-order valence-corrected chi connectivity index (χ3v) is 8.00. The van der Waals surface area contributed by atoms with Gasteiger partial charge in [-0.2, -0.15) is 10.1 Å². The maximum atomic E-state index is 13.6. The number of nitrogens with zero attached hydrogens (tertiary/aromatic N) is 5. The van der Waals surface area contributed by atoms with Crippen LogP contribution < -0.4 is 20.3 Å². The standard InChI is InChI=1S/C30H37N7O2/c1-19-13-23-14-26(34-19)25-17-33-36(3)30(25)39-12-4-5-22(20-6-7-20)18-37-27-16-24(32-11-10-31-2)9-8-21(27)15-28(37)35-29(23)38/h8-9,13-14,16-17,20,22,31-32H,4-7,10-12,15,18H2,1-3H3/t22-/m1/s1. The lowest BCUT2D eigenvalue weighted by Crippen LogP contribution is -2.34. The van der Waals surface area contributed by atoms with Gasteiger partial charge in [0.2, 0.25) is 5.88 Å². The van der Waals surface area contributed by atoms with Gasteiger partial charge in [0.05, 0.1) is 24.1 Å². The maximum Gasteiger partial charge on any atom is 0.278 e. The first-order valence-corrected chi connectivity index (χ1v) is 14.0. The molecule has 3 aliphatic rings. The van der Waals surface area contributed by atoms with Crippen LogP contribution in [-0.2, 0) is 13.5 Å². The Hall–Kier alpha value is -3.72. The molecule has 1 saturated carbocycles. The van der Waals surface area contributed by atoms with Crippen molar-refractivity contribution in [2.24, 2.45) is 23.9 Å². The molecule has 9 nitrogen and oxygen atoms in total. The number of likely N-dealkylation sites (N-methyl/N-ethyl adjacent to an activating group) is 1. The Bertz CT molecular complexity index is 1410.